The standard InChI is InChI=1S/C20H24O4/c1-5-23-19(22)15-10-17(21)12-18(11-15)24-13-14-6-8-16(9-7-14)20(2,3)4/h6-12,21H,5,13H2,1-4H3. The lowest BCUT2D eigenvalue weighted by atomic mass is 9.87. The molecule has 2 rings (SSSR count). The summed E-state index contributed by atoms with van der Waals surface area (Å²) in [5.41, 5.74) is 2.66. The Bertz CT molecular complexity index is 697. The van der Waals surface area contributed by atoms with E-state index >= 15 is 0 Å². The molecule has 0 aliphatic rings. The molecule has 1 N–H and O–H groups in total. The molecule has 0 fully saturated rings. The number of phenols is 1. The number of hydrogen-bond acceptors (Lipinski definition) is 4. The summed E-state index contributed by atoms with van der Waals surface area (Å²) in [5.74, 6) is -0.0793. The molecule has 0 unspecified atom stereocenters. The molecule has 0 amide bonds. The predicted octanol–water partition coefficient (Wildman–Crippen LogP) is 4.45. The molecule has 0 aromatic heterocycles. The van der Waals surface area contributed by atoms with Crippen LogP contribution in [0, 0.1) is 0 Å². The molecular weight excluding hydrogens is 304 g/mol. The van der Waals surface area contributed by atoms with Crippen molar-refractivity contribution >= 4 is 5.97 Å². The summed E-state index contributed by atoms with van der Waals surface area (Å²) in [5, 5.41) is 9.75. The van der Waals surface area contributed by atoms with Crippen molar-refractivity contribution in [2.75, 3.05) is 6.61 Å². The van der Waals surface area contributed by atoms with Gasteiger partial charge in [0, 0.05) is 6.07 Å². The molecule has 2 aromatic rings. The van der Waals surface area contributed by atoms with Gasteiger partial charge in [-0.25, -0.2) is 4.79 Å². The fourth-order valence-electron chi connectivity index (χ4n) is 2.27. The van der Waals surface area contributed by atoms with Crippen molar-refractivity contribution < 1.29 is 19.4 Å². The normalized spacial score (nSPS) is 11.2. The minimum atomic E-state index is -0.479. The number of rotatable bonds is 5. The number of ether oxygens (including phenoxy) is 2. The predicted molar refractivity (Wildman–Crippen MR) is 93.5 cm³/mol. The highest BCUT2D eigenvalue weighted by Gasteiger charge is 2.13. The number of carbonyl (C=O) groups excluding carboxylic acids is 1. The number of phenolic OH excluding ortho intramolecular Hbond substituents is 1. The molecule has 4 heteroatoms. The van der Waals surface area contributed by atoms with E-state index in [1.807, 2.05) is 12.1 Å². The van der Waals surface area contributed by atoms with Crippen LogP contribution in [0.2, 0.25) is 0 Å². The number of aromatic hydroxyl groups is 1. The van der Waals surface area contributed by atoms with E-state index in [9.17, 15) is 9.90 Å². The van der Waals surface area contributed by atoms with E-state index in [1.165, 1.54) is 17.7 Å². The summed E-state index contributed by atoms with van der Waals surface area (Å²) >= 11 is 0. The van der Waals surface area contributed by atoms with Crippen LogP contribution in [-0.4, -0.2) is 17.7 Å². The van der Waals surface area contributed by atoms with Gasteiger partial charge in [0.2, 0.25) is 0 Å². The third kappa shape index (κ3) is 4.75. The van der Waals surface area contributed by atoms with Crippen molar-refractivity contribution in [2.45, 2.75) is 39.7 Å². The van der Waals surface area contributed by atoms with Gasteiger partial charge in [-0.3, -0.25) is 0 Å². The van der Waals surface area contributed by atoms with E-state index < -0.39 is 5.97 Å². The second kappa shape index (κ2) is 7.39. The van der Waals surface area contributed by atoms with Crippen molar-refractivity contribution in [1.29, 1.82) is 0 Å². The van der Waals surface area contributed by atoms with Gasteiger partial charge in [0.15, 0.2) is 0 Å². The summed E-state index contributed by atoms with van der Waals surface area (Å²) in [6.45, 7) is 8.88. The average molecular weight is 328 g/mol. The lowest BCUT2D eigenvalue weighted by molar-refractivity contribution is 0.0525. The highest BCUT2D eigenvalue weighted by molar-refractivity contribution is 5.90. The zero-order valence-electron chi connectivity index (χ0n) is 14.6. The van der Waals surface area contributed by atoms with Crippen LogP contribution >= 0.6 is 0 Å². The quantitative estimate of drug-likeness (QED) is 0.824. The van der Waals surface area contributed by atoms with Crippen LogP contribution < -0.4 is 4.74 Å². The average Bonchev–Trinajstić information content (AvgIpc) is 2.52. The minimum Gasteiger partial charge on any atom is -0.508 e. The van der Waals surface area contributed by atoms with Gasteiger partial charge in [0.05, 0.1) is 12.2 Å². The third-order valence-corrected chi connectivity index (χ3v) is 3.63. The molecule has 0 saturated carbocycles. The number of esters is 1. The minimum absolute atomic E-state index is 0.0290. The van der Waals surface area contributed by atoms with Crippen molar-refractivity contribution in [2.24, 2.45) is 0 Å². The number of benzene rings is 2. The van der Waals surface area contributed by atoms with Gasteiger partial charge in [-0.15, -0.1) is 0 Å². The van der Waals surface area contributed by atoms with Crippen molar-refractivity contribution in [1.82, 2.24) is 0 Å². The van der Waals surface area contributed by atoms with Gasteiger partial charge in [-0.2, -0.15) is 0 Å². The van der Waals surface area contributed by atoms with Crippen molar-refractivity contribution in [3.05, 3.63) is 59.2 Å². The first kappa shape index (κ1) is 17.9. The van der Waals surface area contributed by atoms with Gasteiger partial charge in [0.25, 0.3) is 0 Å². The highest BCUT2D eigenvalue weighted by atomic mass is 16.5. The first-order valence-electron chi connectivity index (χ1n) is 8.03. The van der Waals surface area contributed by atoms with E-state index in [4.69, 9.17) is 9.47 Å². The molecular formula is C20H24O4. The summed E-state index contributed by atoms with van der Waals surface area (Å²) in [6.07, 6.45) is 0. The van der Waals surface area contributed by atoms with Gasteiger partial charge in [-0.1, -0.05) is 45.0 Å². The molecule has 0 aliphatic heterocycles. The Balaban J connectivity index is 2.07. The molecule has 2 aromatic carbocycles. The molecule has 24 heavy (non-hydrogen) atoms. The molecule has 128 valence electrons. The van der Waals surface area contributed by atoms with Crippen molar-refractivity contribution in [3.63, 3.8) is 0 Å². The van der Waals surface area contributed by atoms with Crippen LogP contribution in [0.5, 0.6) is 11.5 Å². The van der Waals surface area contributed by atoms with Crippen LogP contribution in [0.25, 0.3) is 0 Å². The lowest BCUT2D eigenvalue weighted by Gasteiger charge is -2.19. The molecule has 0 heterocycles. The molecule has 0 saturated heterocycles. The zero-order valence-corrected chi connectivity index (χ0v) is 14.6. The van der Waals surface area contributed by atoms with Gasteiger partial charge < -0.3 is 14.6 Å². The fraction of sp³-hybridized carbons (Fsp3) is 0.350. The van der Waals surface area contributed by atoms with Crippen LogP contribution in [-0.2, 0) is 16.8 Å². The topological polar surface area (TPSA) is 55.8 Å². The van der Waals surface area contributed by atoms with Gasteiger partial charge >= 0.3 is 5.97 Å². The van der Waals surface area contributed by atoms with E-state index in [0.717, 1.165) is 5.56 Å². The van der Waals surface area contributed by atoms with Crippen LogP contribution in [0.1, 0.15) is 49.2 Å². The first-order valence-corrected chi connectivity index (χ1v) is 8.03. The monoisotopic (exact) mass is 328 g/mol. The second-order valence-electron chi connectivity index (χ2n) is 6.67. The van der Waals surface area contributed by atoms with Crippen LogP contribution in [0.15, 0.2) is 42.5 Å². The smallest absolute Gasteiger partial charge is 0.338 e. The Hall–Kier alpha value is -2.49. The summed E-state index contributed by atoms with van der Waals surface area (Å²) in [6, 6.07) is 12.6. The zero-order chi connectivity index (χ0) is 17.7. The van der Waals surface area contributed by atoms with E-state index in [0.29, 0.717) is 12.4 Å². The maximum Gasteiger partial charge on any atom is 0.338 e. The number of carbonyl (C=O) groups is 1. The molecule has 0 bridgehead atoms. The van der Waals surface area contributed by atoms with Crippen molar-refractivity contribution in [3.8, 4) is 11.5 Å². The Labute approximate surface area is 143 Å². The highest BCUT2D eigenvalue weighted by Crippen LogP contribution is 2.25. The maximum atomic E-state index is 11.8. The number of hydrogen-bond donors (Lipinski definition) is 1. The van der Waals surface area contributed by atoms with Crippen LogP contribution in [0.3, 0.4) is 0 Å². The second-order valence-corrected chi connectivity index (χ2v) is 6.67. The largest absolute Gasteiger partial charge is 0.508 e. The Morgan fingerprint density at radius 3 is 2.33 bits per heavy atom. The summed E-state index contributed by atoms with van der Waals surface area (Å²) in [7, 11) is 0. The lowest BCUT2D eigenvalue weighted by Crippen LogP contribution is -2.10. The SMILES string of the molecule is CCOC(=O)c1cc(O)cc(OCc2ccc(C(C)(C)C)cc2)c1. The van der Waals surface area contributed by atoms with Gasteiger partial charge in [0.1, 0.15) is 18.1 Å². The fourth-order valence-corrected chi connectivity index (χ4v) is 2.27. The molecule has 0 radical (unpaired) electrons. The van der Waals surface area contributed by atoms with Crippen LogP contribution in [0.4, 0.5) is 0 Å². The van der Waals surface area contributed by atoms with E-state index in [-0.39, 0.29) is 23.3 Å². The Morgan fingerprint density at radius 1 is 1.08 bits per heavy atom. The Morgan fingerprint density at radius 2 is 1.75 bits per heavy atom. The molecule has 0 spiro atoms. The summed E-state index contributed by atoms with van der Waals surface area (Å²) in [4.78, 5) is 11.8. The molecule has 0 aliphatic carbocycles. The Kier molecular flexibility index (Phi) is 5.50. The van der Waals surface area contributed by atoms with E-state index in [2.05, 4.69) is 32.9 Å². The first-order chi connectivity index (χ1) is 11.3. The maximum absolute atomic E-state index is 11.8. The molecule has 0 atom stereocenters. The summed E-state index contributed by atoms with van der Waals surface area (Å²) < 4.78 is 10.6. The van der Waals surface area contributed by atoms with E-state index in [1.54, 1.807) is 13.0 Å². The van der Waals surface area contributed by atoms with Gasteiger partial charge in [-0.05, 0) is 35.6 Å². The third-order valence-electron chi connectivity index (χ3n) is 3.63. The molecule has 4 nitrogen and oxygen atoms in total.